The maximum atomic E-state index is 12.9. The summed E-state index contributed by atoms with van der Waals surface area (Å²) < 4.78 is 0. The van der Waals surface area contributed by atoms with Crippen molar-refractivity contribution in [1.29, 1.82) is 0 Å². The molecule has 0 fully saturated rings. The van der Waals surface area contributed by atoms with Gasteiger partial charge in [0.15, 0.2) is 5.78 Å². The van der Waals surface area contributed by atoms with Crippen molar-refractivity contribution in [1.82, 2.24) is 15.5 Å². The van der Waals surface area contributed by atoms with E-state index < -0.39 is 29.9 Å². The Morgan fingerprint density at radius 2 is 1.45 bits per heavy atom. The minimum absolute atomic E-state index is 0.0388. The zero-order valence-corrected chi connectivity index (χ0v) is 16.5. The lowest BCUT2D eigenvalue weighted by atomic mass is 10.1. The maximum Gasteiger partial charge on any atom is 0.404 e. The molecule has 3 rings (SSSR count). The molecule has 2 aromatic carbocycles. The summed E-state index contributed by atoms with van der Waals surface area (Å²) in [6, 6.07) is 13.5. The molecule has 0 saturated carbocycles. The van der Waals surface area contributed by atoms with Crippen LogP contribution in [-0.2, 0) is 4.79 Å². The quantitative estimate of drug-likeness (QED) is 0.319. The highest BCUT2D eigenvalue weighted by molar-refractivity contribution is 6.22. The first kappa shape index (κ1) is 21.7. The van der Waals surface area contributed by atoms with Crippen molar-refractivity contribution < 1.29 is 29.1 Å². The van der Waals surface area contributed by atoms with Gasteiger partial charge in [0.2, 0.25) is 5.91 Å². The molecule has 4 amide bonds. The van der Waals surface area contributed by atoms with Gasteiger partial charge in [0.05, 0.1) is 17.7 Å². The number of carbonyl (C=O) groups is 5. The Morgan fingerprint density at radius 3 is 2.03 bits per heavy atom. The molecule has 0 aromatic heterocycles. The predicted octanol–water partition coefficient (Wildman–Crippen LogP) is 1.70. The van der Waals surface area contributed by atoms with E-state index in [0.717, 1.165) is 4.90 Å². The highest BCUT2D eigenvalue weighted by Gasteiger charge is 2.42. The summed E-state index contributed by atoms with van der Waals surface area (Å²) in [7, 11) is 0. The van der Waals surface area contributed by atoms with Crippen molar-refractivity contribution in [3.05, 3.63) is 71.3 Å². The molecule has 1 atom stereocenters. The van der Waals surface area contributed by atoms with Crippen LogP contribution in [0.5, 0.6) is 0 Å². The number of nitrogens with one attached hydrogen (secondary N) is 2. The second-order valence-electron chi connectivity index (χ2n) is 6.92. The fraction of sp³-hybridized carbons (Fsp3) is 0.227. The first-order chi connectivity index (χ1) is 14.9. The van der Waals surface area contributed by atoms with Gasteiger partial charge in [0, 0.05) is 12.1 Å². The number of imide groups is 1. The molecule has 1 aliphatic rings. The van der Waals surface area contributed by atoms with Crippen LogP contribution in [0.15, 0.2) is 54.6 Å². The van der Waals surface area contributed by atoms with Crippen molar-refractivity contribution in [2.45, 2.75) is 18.9 Å². The maximum absolute atomic E-state index is 12.9. The number of carboxylic acid groups (broad SMARTS) is 1. The standard InChI is InChI=1S/C22H21N3O6/c26-18(14-7-2-1-3-8-14)13-24-19(27)17(11-6-12-23-22(30)31)25-20(28)15-9-4-5-10-16(15)21(25)29/h1-5,7-10,17,23H,6,11-13H2,(H,24,27)(H,30,31)/t17-/m0/s1. The van der Waals surface area contributed by atoms with E-state index in [-0.39, 0.29) is 42.8 Å². The van der Waals surface area contributed by atoms with Crippen LogP contribution >= 0.6 is 0 Å². The molecule has 9 nitrogen and oxygen atoms in total. The van der Waals surface area contributed by atoms with E-state index in [9.17, 15) is 24.0 Å². The molecular weight excluding hydrogens is 402 g/mol. The third-order valence-corrected chi connectivity index (χ3v) is 4.89. The van der Waals surface area contributed by atoms with E-state index in [0.29, 0.717) is 5.56 Å². The number of ketones is 1. The third kappa shape index (κ3) is 4.95. The van der Waals surface area contributed by atoms with Crippen LogP contribution in [0, 0.1) is 0 Å². The summed E-state index contributed by atoms with van der Waals surface area (Å²) in [4.78, 5) is 62.3. The lowest BCUT2D eigenvalue weighted by molar-refractivity contribution is -0.125. The minimum Gasteiger partial charge on any atom is -0.465 e. The topological polar surface area (TPSA) is 133 Å². The number of fused-ring (bicyclic) bond motifs is 1. The zero-order valence-electron chi connectivity index (χ0n) is 16.5. The molecule has 0 radical (unpaired) electrons. The molecule has 2 aromatic rings. The Kier molecular flexibility index (Phi) is 6.76. The van der Waals surface area contributed by atoms with Crippen LogP contribution in [0.3, 0.4) is 0 Å². The van der Waals surface area contributed by atoms with Gasteiger partial charge in [-0.3, -0.25) is 24.1 Å². The second-order valence-corrected chi connectivity index (χ2v) is 6.92. The largest absolute Gasteiger partial charge is 0.465 e. The number of nitrogens with zero attached hydrogens (tertiary/aromatic N) is 1. The van der Waals surface area contributed by atoms with Crippen LogP contribution in [0.2, 0.25) is 0 Å². The Bertz CT molecular complexity index is 986. The van der Waals surface area contributed by atoms with Crippen LogP contribution in [-0.4, -0.2) is 58.7 Å². The van der Waals surface area contributed by atoms with E-state index >= 15 is 0 Å². The van der Waals surface area contributed by atoms with Gasteiger partial charge in [0.25, 0.3) is 11.8 Å². The molecule has 0 unspecified atom stereocenters. The van der Waals surface area contributed by atoms with Crippen LogP contribution in [0.4, 0.5) is 4.79 Å². The second kappa shape index (κ2) is 9.66. The summed E-state index contributed by atoms with van der Waals surface area (Å²) >= 11 is 0. The number of hydrogen-bond acceptors (Lipinski definition) is 5. The highest BCUT2D eigenvalue weighted by Crippen LogP contribution is 2.26. The SMILES string of the molecule is O=C(O)NCCC[C@@H](C(=O)NCC(=O)c1ccccc1)N1C(=O)c2ccccc2C1=O. The molecule has 1 heterocycles. The van der Waals surface area contributed by atoms with Crippen molar-refractivity contribution in [3.8, 4) is 0 Å². The molecule has 0 bridgehead atoms. The molecule has 0 spiro atoms. The van der Waals surface area contributed by atoms with Crippen molar-refractivity contribution >= 4 is 29.6 Å². The van der Waals surface area contributed by atoms with E-state index in [1.54, 1.807) is 42.5 Å². The van der Waals surface area contributed by atoms with E-state index in [4.69, 9.17) is 5.11 Å². The molecule has 1 aliphatic heterocycles. The highest BCUT2D eigenvalue weighted by atomic mass is 16.4. The Morgan fingerprint density at radius 1 is 0.871 bits per heavy atom. The van der Waals surface area contributed by atoms with Crippen molar-refractivity contribution in [2.75, 3.05) is 13.1 Å². The number of benzene rings is 2. The van der Waals surface area contributed by atoms with Crippen LogP contribution < -0.4 is 10.6 Å². The summed E-state index contributed by atoms with van der Waals surface area (Å²) in [5.41, 5.74) is 0.828. The lowest BCUT2D eigenvalue weighted by Gasteiger charge is -2.25. The monoisotopic (exact) mass is 423 g/mol. The average molecular weight is 423 g/mol. The molecule has 31 heavy (non-hydrogen) atoms. The van der Waals surface area contributed by atoms with Gasteiger partial charge >= 0.3 is 6.09 Å². The number of hydrogen-bond donors (Lipinski definition) is 3. The number of rotatable bonds is 9. The summed E-state index contributed by atoms with van der Waals surface area (Å²) in [5.74, 6) is -2.17. The van der Waals surface area contributed by atoms with Crippen LogP contribution in [0.25, 0.3) is 0 Å². The smallest absolute Gasteiger partial charge is 0.404 e. The molecule has 0 aliphatic carbocycles. The van der Waals surface area contributed by atoms with E-state index in [2.05, 4.69) is 10.6 Å². The normalized spacial score (nSPS) is 13.5. The average Bonchev–Trinajstić information content (AvgIpc) is 3.03. The van der Waals surface area contributed by atoms with E-state index in [1.165, 1.54) is 12.1 Å². The lowest BCUT2D eigenvalue weighted by Crippen LogP contribution is -2.50. The molecule has 160 valence electrons. The molecular formula is C22H21N3O6. The van der Waals surface area contributed by atoms with Crippen molar-refractivity contribution in [3.63, 3.8) is 0 Å². The molecule has 0 saturated heterocycles. The van der Waals surface area contributed by atoms with Gasteiger partial charge in [-0.25, -0.2) is 4.79 Å². The number of carbonyl (C=O) groups excluding carboxylic acids is 4. The van der Waals surface area contributed by atoms with Gasteiger partial charge in [-0.1, -0.05) is 42.5 Å². The fourth-order valence-corrected chi connectivity index (χ4v) is 3.37. The summed E-state index contributed by atoms with van der Waals surface area (Å²) in [5, 5.41) is 13.4. The summed E-state index contributed by atoms with van der Waals surface area (Å²) in [6.45, 7) is -0.249. The first-order valence-electron chi connectivity index (χ1n) is 9.70. The number of Topliss-reactive ketones (excluding diaryl/α,β-unsaturated/α-hetero) is 1. The number of amides is 4. The van der Waals surface area contributed by atoms with Gasteiger partial charge < -0.3 is 15.7 Å². The van der Waals surface area contributed by atoms with Gasteiger partial charge in [-0.2, -0.15) is 0 Å². The molecule has 9 heteroatoms. The Labute approximate surface area is 178 Å². The fourth-order valence-electron chi connectivity index (χ4n) is 3.37. The Balaban J connectivity index is 1.74. The van der Waals surface area contributed by atoms with Crippen LogP contribution in [0.1, 0.15) is 43.9 Å². The zero-order chi connectivity index (χ0) is 22.4. The first-order valence-corrected chi connectivity index (χ1v) is 9.70. The van der Waals surface area contributed by atoms with Gasteiger partial charge in [0.1, 0.15) is 6.04 Å². The van der Waals surface area contributed by atoms with Gasteiger partial charge in [-0.15, -0.1) is 0 Å². The van der Waals surface area contributed by atoms with Gasteiger partial charge in [-0.05, 0) is 25.0 Å². The van der Waals surface area contributed by atoms with Crippen molar-refractivity contribution in [2.24, 2.45) is 0 Å². The molecule has 3 N–H and O–H groups in total. The predicted molar refractivity (Wildman–Crippen MR) is 110 cm³/mol. The van der Waals surface area contributed by atoms with E-state index in [1.807, 2.05) is 0 Å². The third-order valence-electron chi connectivity index (χ3n) is 4.89. The minimum atomic E-state index is -1.21. The Hall–Kier alpha value is -4.01. The summed E-state index contributed by atoms with van der Waals surface area (Å²) in [6.07, 6.45) is -0.961.